The van der Waals surface area contributed by atoms with Gasteiger partial charge in [-0.1, -0.05) is 32.4 Å². The average Bonchev–Trinajstić information content (AvgIpc) is 2.11. The van der Waals surface area contributed by atoms with Crippen LogP contribution in [-0.2, 0) is 4.74 Å². The predicted molar refractivity (Wildman–Crippen MR) is 58.6 cm³/mol. The fourth-order valence-corrected chi connectivity index (χ4v) is 1.16. The van der Waals surface area contributed by atoms with Gasteiger partial charge in [-0.05, 0) is 31.8 Å². The summed E-state index contributed by atoms with van der Waals surface area (Å²) in [6, 6.07) is 0. The monoisotopic (exact) mass is 182 g/mol. The molecular formula is C12H22O. The molecule has 0 saturated heterocycles. The predicted octanol–water partition coefficient (Wildman–Crippen LogP) is 3.92. The lowest BCUT2D eigenvalue weighted by atomic mass is 9.99. The van der Waals surface area contributed by atoms with Crippen molar-refractivity contribution in [3.8, 4) is 0 Å². The van der Waals surface area contributed by atoms with Gasteiger partial charge in [-0.25, -0.2) is 0 Å². The topological polar surface area (TPSA) is 9.23 Å². The first-order valence-electron chi connectivity index (χ1n) is 4.94. The van der Waals surface area contributed by atoms with E-state index >= 15 is 0 Å². The fourth-order valence-electron chi connectivity index (χ4n) is 1.16. The van der Waals surface area contributed by atoms with E-state index in [1.165, 1.54) is 11.1 Å². The summed E-state index contributed by atoms with van der Waals surface area (Å²) in [5, 5.41) is 0. The first kappa shape index (κ1) is 12.3. The molecule has 1 nitrogen and oxygen atoms in total. The summed E-state index contributed by atoms with van der Waals surface area (Å²) in [5.41, 5.74) is 2.71. The molecule has 0 saturated carbocycles. The minimum atomic E-state index is 0.529. The highest BCUT2D eigenvalue weighted by Gasteiger charge is 2.05. The molecule has 0 unspecified atom stereocenters. The molecule has 0 fully saturated rings. The maximum atomic E-state index is 5.25. The van der Waals surface area contributed by atoms with Crippen LogP contribution in [0.3, 0.4) is 0 Å². The summed E-state index contributed by atoms with van der Waals surface area (Å²) < 4.78 is 5.25. The van der Waals surface area contributed by atoms with E-state index in [-0.39, 0.29) is 0 Å². The van der Waals surface area contributed by atoms with Crippen molar-refractivity contribution in [2.24, 2.45) is 5.92 Å². The quantitative estimate of drug-likeness (QED) is 0.473. The number of ether oxygens (including phenoxy) is 1. The van der Waals surface area contributed by atoms with E-state index in [0.717, 1.165) is 12.2 Å². The summed E-state index contributed by atoms with van der Waals surface area (Å²) in [6.07, 6.45) is 3.34. The van der Waals surface area contributed by atoms with Crippen molar-refractivity contribution < 1.29 is 4.74 Å². The SMILES string of the molecule is CC/C(C)=C\C(=C(/C)OC)C(C)C. The molecule has 0 aromatic rings. The number of methoxy groups -OCH3 is 1. The van der Waals surface area contributed by atoms with Crippen molar-refractivity contribution in [1.29, 1.82) is 0 Å². The molecule has 0 aliphatic carbocycles. The van der Waals surface area contributed by atoms with E-state index in [1.54, 1.807) is 7.11 Å². The van der Waals surface area contributed by atoms with Crippen molar-refractivity contribution in [3.05, 3.63) is 23.0 Å². The molecule has 0 aromatic carbocycles. The van der Waals surface area contributed by atoms with E-state index in [9.17, 15) is 0 Å². The van der Waals surface area contributed by atoms with Crippen molar-refractivity contribution in [2.75, 3.05) is 7.11 Å². The Labute approximate surface area is 82.5 Å². The Balaban J connectivity index is 4.84. The van der Waals surface area contributed by atoms with E-state index < -0.39 is 0 Å². The molecule has 0 aromatic heterocycles. The summed E-state index contributed by atoms with van der Waals surface area (Å²) in [6.45, 7) is 10.7. The van der Waals surface area contributed by atoms with Gasteiger partial charge in [0.15, 0.2) is 0 Å². The van der Waals surface area contributed by atoms with Gasteiger partial charge in [0.05, 0.1) is 12.9 Å². The standard InChI is InChI=1S/C12H22O/c1-7-10(4)8-12(9(2)3)11(5)13-6/h8-9H,7H2,1-6H3/b10-8-,12-11-. The van der Waals surface area contributed by atoms with E-state index in [4.69, 9.17) is 4.74 Å². The normalized spacial score (nSPS) is 14.5. The van der Waals surface area contributed by atoms with Crippen LogP contribution in [0.5, 0.6) is 0 Å². The zero-order valence-corrected chi connectivity index (χ0v) is 9.77. The van der Waals surface area contributed by atoms with Gasteiger partial charge in [-0.2, -0.15) is 0 Å². The summed E-state index contributed by atoms with van der Waals surface area (Å²) in [5.74, 6) is 1.56. The Bertz CT molecular complexity index is 209. The van der Waals surface area contributed by atoms with Crippen LogP contribution in [0.25, 0.3) is 0 Å². The minimum Gasteiger partial charge on any atom is -0.501 e. The largest absolute Gasteiger partial charge is 0.501 e. The Morgan fingerprint density at radius 2 is 1.85 bits per heavy atom. The number of rotatable bonds is 4. The number of allylic oxidation sites excluding steroid dienone is 4. The van der Waals surface area contributed by atoms with E-state index in [0.29, 0.717) is 5.92 Å². The molecule has 76 valence electrons. The first-order valence-corrected chi connectivity index (χ1v) is 4.94. The molecular weight excluding hydrogens is 160 g/mol. The summed E-state index contributed by atoms with van der Waals surface area (Å²) in [4.78, 5) is 0. The van der Waals surface area contributed by atoms with Crippen LogP contribution in [0.1, 0.15) is 41.0 Å². The molecule has 0 amide bonds. The van der Waals surface area contributed by atoms with Gasteiger partial charge < -0.3 is 4.74 Å². The van der Waals surface area contributed by atoms with Gasteiger partial charge in [0, 0.05) is 0 Å². The second-order valence-corrected chi connectivity index (χ2v) is 3.71. The van der Waals surface area contributed by atoms with Gasteiger partial charge in [0.25, 0.3) is 0 Å². The smallest absolute Gasteiger partial charge is 0.0959 e. The van der Waals surface area contributed by atoms with Crippen molar-refractivity contribution >= 4 is 0 Å². The summed E-state index contributed by atoms with van der Waals surface area (Å²) >= 11 is 0. The van der Waals surface area contributed by atoms with E-state index in [1.807, 2.05) is 6.92 Å². The van der Waals surface area contributed by atoms with Crippen LogP contribution in [0.4, 0.5) is 0 Å². The van der Waals surface area contributed by atoms with Crippen LogP contribution in [0, 0.1) is 5.92 Å². The lowest BCUT2D eigenvalue weighted by Crippen LogP contribution is -1.97. The Hall–Kier alpha value is -0.720. The highest BCUT2D eigenvalue weighted by Crippen LogP contribution is 2.19. The maximum absolute atomic E-state index is 5.25. The van der Waals surface area contributed by atoms with Crippen LogP contribution in [-0.4, -0.2) is 7.11 Å². The molecule has 0 atom stereocenters. The van der Waals surface area contributed by atoms with Crippen LogP contribution < -0.4 is 0 Å². The lowest BCUT2D eigenvalue weighted by Gasteiger charge is -2.12. The zero-order chi connectivity index (χ0) is 10.4. The molecule has 0 N–H and O–H groups in total. The Kier molecular flexibility index (Phi) is 5.52. The van der Waals surface area contributed by atoms with Crippen molar-refractivity contribution in [3.63, 3.8) is 0 Å². The maximum Gasteiger partial charge on any atom is 0.0959 e. The minimum absolute atomic E-state index is 0.529. The summed E-state index contributed by atoms with van der Waals surface area (Å²) in [7, 11) is 1.73. The molecule has 0 bridgehead atoms. The van der Waals surface area contributed by atoms with Gasteiger partial charge in [-0.15, -0.1) is 0 Å². The van der Waals surface area contributed by atoms with Gasteiger partial charge in [-0.3, -0.25) is 0 Å². The van der Waals surface area contributed by atoms with E-state index in [2.05, 4.69) is 33.8 Å². The molecule has 0 aliphatic heterocycles. The van der Waals surface area contributed by atoms with Crippen molar-refractivity contribution in [2.45, 2.75) is 41.0 Å². The third kappa shape index (κ3) is 4.16. The van der Waals surface area contributed by atoms with Crippen LogP contribution in [0.15, 0.2) is 23.0 Å². The molecule has 0 heterocycles. The van der Waals surface area contributed by atoms with Crippen molar-refractivity contribution in [1.82, 2.24) is 0 Å². The molecule has 0 spiro atoms. The highest BCUT2D eigenvalue weighted by atomic mass is 16.5. The van der Waals surface area contributed by atoms with Crippen LogP contribution in [0.2, 0.25) is 0 Å². The molecule has 1 heteroatoms. The number of hydrogen-bond acceptors (Lipinski definition) is 1. The first-order chi connectivity index (χ1) is 6.02. The Morgan fingerprint density at radius 3 is 2.15 bits per heavy atom. The average molecular weight is 182 g/mol. The third-order valence-corrected chi connectivity index (χ3v) is 2.29. The highest BCUT2D eigenvalue weighted by molar-refractivity contribution is 5.26. The molecule has 0 aliphatic rings. The van der Waals surface area contributed by atoms with Gasteiger partial charge >= 0.3 is 0 Å². The second kappa shape index (κ2) is 5.85. The molecule has 0 radical (unpaired) electrons. The zero-order valence-electron chi connectivity index (χ0n) is 9.77. The molecule has 0 rings (SSSR count). The number of hydrogen-bond donors (Lipinski definition) is 0. The van der Waals surface area contributed by atoms with Gasteiger partial charge in [0.2, 0.25) is 0 Å². The Morgan fingerprint density at radius 1 is 1.31 bits per heavy atom. The lowest BCUT2D eigenvalue weighted by molar-refractivity contribution is 0.286. The fraction of sp³-hybridized carbons (Fsp3) is 0.667. The van der Waals surface area contributed by atoms with Crippen LogP contribution >= 0.6 is 0 Å². The van der Waals surface area contributed by atoms with Gasteiger partial charge in [0.1, 0.15) is 0 Å². The second-order valence-electron chi connectivity index (χ2n) is 3.71. The third-order valence-electron chi connectivity index (χ3n) is 2.29. The molecule has 13 heavy (non-hydrogen) atoms.